The summed E-state index contributed by atoms with van der Waals surface area (Å²) in [5, 5.41) is 0. The van der Waals surface area contributed by atoms with Crippen molar-refractivity contribution in [2.24, 2.45) is 5.92 Å². The summed E-state index contributed by atoms with van der Waals surface area (Å²) >= 11 is 0. The molecule has 0 radical (unpaired) electrons. The molecule has 3 nitrogen and oxygen atoms in total. The van der Waals surface area contributed by atoms with Gasteiger partial charge in [-0.2, -0.15) is 0 Å². The summed E-state index contributed by atoms with van der Waals surface area (Å²) in [4.78, 5) is 17.1. The van der Waals surface area contributed by atoms with E-state index in [4.69, 9.17) is 0 Å². The molecule has 0 heterocycles. The van der Waals surface area contributed by atoms with Crippen LogP contribution in [0, 0.1) is 11.7 Å². The van der Waals surface area contributed by atoms with Gasteiger partial charge in [-0.3, -0.25) is 4.79 Å². The molecule has 2 atom stereocenters. The summed E-state index contributed by atoms with van der Waals surface area (Å²) < 4.78 is 13.1. The first kappa shape index (κ1) is 17.6. The second-order valence-corrected chi connectivity index (χ2v) is 7.05. The molecule has 1 fully saturated rings. The lowest BCUT2D eigenvalue weighted by Gasteiger charge is -2.25. The molecule has 0 aromatic heterocycles. The van der Waals surface area contributed by atoms with E-state index in [9.17, 15) is 9.18 Å². The average Bonchev–Trinajstić information content (AvgIpc) is 3.40. The highest BCUT2D eigenvalue weighted by Crippen LogP contribution is 2.48. The monoisotopic (exact) mass is 340 g/mol. The van der Waals surface area contributed by atoms with Gasteiger partial charge in [0.2, 0.25) is 5.91 Å². The van der Waals surface area contributed by atoms with Crippen LogP contribution in [0.4, 0.5) is 4.39 Å². The second kappa shape index (κ2) is 7.79. The number of nitrogens with zero attached hydrogens (tertiary/aromatic N) is 2. The Bertz CT molecular complexity index is 700. The fourth-order valence-corrected chi connectivity index (χ4v) is 3.17. The molecule has 0 bridgehead atoms. The molecule has 1 aliphatic rings. The van der Waals surface area contributed by atoms with Crippen molar-refractivity contribution < 1.29 is 9.18 Å². The molecule has 0 N–H and O–H groups in total. The van der Waals surface area contributed by atoms with Gasteiger partial charge in [-0.1, -0.05) is 42.5 Å². The molecule has 1 saturated carbocycles. The first-order valence-electron chi connectivity index (χ1n) is 8.77. The van der Waals surface area contributed by atoms with Crippen LogP contribution in [0.15, 0.2) is 54.6 Å². The molecule has 4 heteroatoms. The highest BCUT2D eigenvalue weighted by molar-refractivity contribution is 5.83. The number of likely N-dealkylation sites (N-methyl/N-ethyl adjacent to an activating group) is 1. The Morgan fingerprint density at radius 3 is 2.36 bits per heavy atom. The van der Waals surface area contributed by atoms with E-state index in [2.05, 4.69) is 17.0 Å². The Labute approximate surface area is 149 Å². The van der Waals surface area contributed by atoms with Crippen LogP contribution in [0.3, 0.4) is 0 Å². The number of halogens is 1. The van der Waals surface area contributed by atoms with Gasteiger partial charge in [0.1, 0.15) is 5.82 Å². The minimum Gasteiger partial charge on any atom is -0.337 e. The van der Waals surface area contributed by atoms with Crippen molar-refractivity contribution in [3.8, 4) is 0 Å². The molecular formula is C21H25FN2O. The Hall–Kier alpha value is -2.20. The van der Waals surface area contributed by atoms with Crippen LogP contribution in [-0.4, -0.2) is 42.9 Å². The van der Waals surface area contributed by atoms with Gasteiger partial charge in [0, 0.05) is 25.6 Å². The molecule has 0 aliphatic heterocycles. The first-order valence-corrected chi connectivity index (χ1v) is 8.77. The summed E-state index contributed by atoms with van der Waals surface area (Å²) in [7, 11) is 4.03. The van der Waals surface area contributed by atoms with Gasteiger partial charge in [-0.25, -0.2) is 4.39 Å². The predicted molar refractivity (Wildman–Crippen MR) is 97.7 cm³/mol. The van der Waals surface area contributed by atoms with Gasteiger partial charge in [-0.15, -0.1) is 0 Å². The number of carbonyl (C=O) groups is 1. The van der Waals surface area contributed by atoms with E-state index in [0.29, 0.717) is 13.1 Å². The van der Waals surface area contributed by atoms with Crippen LogP contribution in [0.25, 0.3) is 0 Å². The van der Waals surface area contributed by atoms with Gasteiger partial charge in [0.25, 0.3) is 0 Å². The SMILES string of the molecule is CN(C)CCN(Cc1ccccc1)C(=O)C1CC1c1ccc(F)cc1. The third kappa shape index (κ3) is 4.67. The number of amides is 1. The smallest absolute Gasteiger partial charge is 0.226 e. The van der Waals surface area contributed by atoms with E-state index in [-0.39, 0.29) is 23.6 Å². The Morgan fingerprint density at radius 1 is 1.04 bits per heavy atom. The van der Waals surface area contributed by atoms with E-state index in [1.165, 1.54) is 12.1 Å². The van der Waals surface area contributed by atoms with Gasteiger partial charge < -0.3 is 9.80 Å². The maximum atomic E-state index is 13.1. The van der Waals surface area contributed by atoms with Gasteiger partial charge >= 0.3 is 0 Å². The quantitative estimate of drug-likeness (QED) is 0.770. The Balaban J connectivity index is 1.67. The highest BCUT2D eigenvalue weighted by Gasteiger charge is 2.45. The standard InChI is InChI=1S/C21H25FN2O/c1-23(2)12-13-24(15-16-6-4-3-5-7-16)21(25)20-14-19(20)17-8-10-18(22)11-9-17/h3-11,19-20H,12-15H2,1-2H3. The topological polar surface area (TPSA) is 23.6 Å². The molecule has 3 rings (SSSR count). The van der Waals surface area contributed by atoms with E-state index in [0.717, 1.165) is 24.1 Å². The third-order valence-electron chi connectivity index (χ3n) is 4.75. The normalized spacial score (nSPS) is 19.0. The van der Waals surface area contributed by atoms with Crippen molar-refractivity contribution in [1.29, 1.82) is 0 Å². The molecule has 0 saturated heterocycles. The molecule has 1 amide bonds. The van der Waals surface area contributed by atoms with Gasteiger partial charge in [-0.05, 0) is 49.7 Å². The van der Waals surface area contributed by atoms with Crippen molar-refractivity contribution in [2.75, 3.05) is 27.2 Å². The Kier molecular flexibility index (Phi) is 5.49. The van der Waals surface area contributed by atoms with Crippen molar-refractivity contribution in [1.82, 2.24) is 9.80 Å². The Morgan fingerprint density at radius 2 is 1.72 bits per heavy atom. The fraction of sp³-hybridized carbons (Fsp3) is 0.381. The van der Waals surface area contributed by atoms with Crippen molar-refractivity contribution in [3.05, 3.63) is 71.5 Å². The average molecular weight is 340 g/mol. The lowest BCUT2D eigenvalue weighted by atomic mass is 10.1. The van der Waals surface area contributed by atoms with Crippen LogP contribution < -0.4 is 0 Å². The molecule has 2 aromatic rings. The predicted octanol–water partition coefficient (Wildman–Crippen LogP) is 3.52. The van der Waals surface area contributed by atoms with Crippen molar-refractivity contribution in [3.63, 3.8) is 0 Å². The number of rotatable bonds is 7. The molecular weight excluding hydrogens is 315 g/mol. The molecule has 132 valence electrons. The lowest BCUT2D eigenvalue weighted by molar-refractivity contribution is -0.133. The minimum absolute atomic E-state index is 0.0244. The summed E-state index contributed by atoms with van der Waals surface area (Å²) in [5.74, 6) is 0.228. The zero-order valence-corrected chi connectivity index (χ0v) is 14.9. The zero-order chi connectivity index (χ0) is 17.8. The van der Waals surface area contributed by atoms with Crippen molar-refractivity contribution in [2.45, 2.75) is 18.9 Å². The summed E-state index contributed by atoms with van der Waals surface area (Å²) in [6, 6.07) is 16.7. The molecule has 0 spiro atoms. The van der Waals surface area contributed by atoms with Gasteiger partial charge in [0.05, 0.1) is 0 Å². The van der Waals surface area contributed by atoms with Crippen LogP contribution in [-0.2, 0) is 11.3 Å². The van der Waals surface area contributed by atoms with E-state index in [1.807, 2.05) is 37.2 Å². The van der Waals surface area contributed by atoms with Crippen LogP contribution in [0.1, 0.15) is 23.5 Å². The maximum Gasteiger partial charge on any atom is 0.226 e. The largest absolute Gasteiger partial charge is 0.337 e. The van der Waals surface area contributed by atoms with Crippen LogP contribution in [0.2, 0.25) is 0 Å². The van der Waals surface area contributed by atoms with E-state index >= 15 is 0 Å². The molecule has 2 aromatic carbocycles. The molecule has 25 heavy (non-hydrogen) atoms. The number of benzene rings is 2. The molecule has 2 unspecified atom stereocenters. The number of carbonyl (C=O) groups excluding carboxylic acids is 1. The molecule has 1 aliphatic carbocycles. The highest BCUT2D eigenvalue weighted by atomic mass is 19.1. The van der Waals surface area contributed by atoms with E-state index < -0.39 is 0 Å². The summed E-state index contributed by atoms with van der Waals surface area (Å²) in [6.45, 7) is 2.19. The second-order valence-electron chi connectivity index (χ2n) is 7.05. The number of hydrogen-bond acceptors (Lipinski definition) is 2. The fourth-order valence-electron chi connectivity index (χ4n) is 3.17. The van der Waals surface area contributed by atoms with E-state index in [1.54, 1.807) is 12.1 Å². The number of hydrogen-bond donors (Lipinski definition) is 0. The summed E-state index contributed by atoms with van der Waals surface area (Å²) in [5.41, 5.74) is 2.21. The lowest BCUT2D eigenvalue weighted by Crippen LogP contribution is -2.37. The van der Waals surface area contributed by atoms with Gasteiger partial charge in [0.15, 0.2) is 0 Å². The maximum absolute atomic E-state index is 13.1. The van der Waals surface area contributed by atoms with Crippen LogP contribution in [0.5, 0.6) is 0 Å². The first-order chi connectivity index (χ1) is 12.0. The van der Waals surface area contributed by atoms with Crippen LogP contribution >= 0.6 is 0 Å². The summed E-state index contributed by atoms with van der Waals surface area (Å²) in [6.07, 6.45) is 0.859. The third-order valence-corrected chi connectivity index (χ3v) is 4.75. The zero-order valence-electron chi connectivity index (χ0n) is 14.9. The minimum atomic E-state index is -0.232. The van der Waals surface area contributed by atoms with Crippen molar-refractivity contribution >= 4 is 5.91 Å².